The Balaban J connectivity index is 1.29. The Hall–Kier alpha value is -2.16. The smallest absolute Gasteiger partial charge is 0.201 e. The molecule has 0 heterocycles. The lowest BCUT2D eigenvalue weighted by atomic mass is 9.77. The fraction of sp³-hybridized carbons (Fsp3) is 0.548. The van der Waals surface area contributed by atoms with Gasteiger partial charge in [-0.15, -0.1) is 0 Å². The van der Waals surface area contributed by atoms with Gasteiger partial charge in [-0.1, -0.05) is 56.2 Å². The van der Waals surface area contributed by atoms with Crippen LogP contribution < -0.4 is 4.74 Å². The number of hydrogen-bond acceptors (Lipinski definition) is 1. The van der Waals surface area contributed by atoms with Crippen LogP contribution in [-0.2, 0) is 0 Å². The molecule has 1 nitrogen and oxygen atoms in total. The van der Waals surface area contributed by atoms with Gasteiger partial charge in [0, 0.05) is 5.56 Å². The summed E-state index contributed by atoms with van der Waals surface area (Å²) in [5, 5.41) is 0. The number of rotatable bonds is 8. The summed E-state index contributed by atoms with van der Waals surface area (Å²) in [5.41, 5.74) is 2.30. The summed E-state index contributed by atoms with van der Waals surface area (Å²) < 4.78 is 34.0. The summed E-state index contributed by atoms with van der Waals surface area (Å²) in [7, 11) is 0. The molecule has 2 saturated carbocycles. The summed E-state index contributed by atoms with van der Waals surface area (Å²) in [4.78, 5) is 0. The molecule has 0 aromatic heterocycles. The summed E-state index contributed by atoms with van der Waals surface area (Å²) in [5.74, 6) is 1.26. The molecule has 2 aromatic carbocycles. The van der Waals surface area contributed by atoms with Crippen LogP contribution in [0.3, 0.4) is 0 Å². The van der Waals surface area contributed by atoms with E-state index in [4.69, 9.17) is 4.74 Å². The molecule has 0 N–H and O–H groups in total. The summed E-state index contributed by atoms with van der Waals surface area (Å²) in [6, 6.07) is 11.2. The molecule has 0 radical (unpaired) electrons. The van der Waals surface area contributed by atoms with Gasteiger partial charge in [0.05, 0.1) is 6.61 Å². The van der Waals surface area contributed by atoms with E-state index < -0.39 is 11.6 Å². The van der Waals surface area contributed by atoms with Crippen LogP contribution in [0.4, 0.5) is 8.78 Å². The highest BCUT2D eigenvalue weighted by Gasteiger charge is 2.23. The summed E-state index contributed by atoms with van der Waals surface area (Å²) in [6.07, 6.45) is 18.3. The molecule has 4 rings (SSSR count). The van der Waals surface area contributed by atoms with E-state index >= 15 is 0 Å². The van der Waals surface area contributed by atoms with E-state index in [0.717, 1.165) is 11.8 Å². The molecular weight excluding hydrogens is 426 g/mol. The second kappa shape index (κ2) is 12.0. The zero-order chi connectivity index (χ0) is 23.9. The molecule has 34 heavy (non-hydrogen) atoms. The zero-order valence-electron chi connectivity index (χ0n) is 20.9. The zero-order valence-corrected chi connectivity index (χ0v) is 20.9. The van der Waals surface area contributed by atoms with E-state index in [2.05, 4.69) is 31.2 Å². The predicted octanol–water partition coefficient (Wildman–Crippen LogP) is 9.47. The molecule has 2 aliphatic rings. The minimum absolute atomic E-state index is 0.0321. The van der Waals surface area contributed by atoms with Crippen LogP contribution >= 0.6 is 0 Å². The van der Waals surface area contributed by atoms with Crippen LogP contribution in [0.2, 0.25) is 0 Å². The van der Waals surface area contributed by atoms with Gasteiger partial charge in [-0.2, -0.15) is 4.39 Å². The van der Waals surface area contributed by atoms with Crippen molar-refractivity contribution in [1.29, 1.82) is 0 Å². The van der Waals surface area contributed by atoms with E-state index in [1.54, 1.807) is 13.0 Å². The Bertz CT molecular complexity index is 933. The molecule has 0 spiro atoms. The van der Waals surface area contributed by atoms with Gasteiger partial charge < -0.3 is 4.74 Å². The SMILES string of the molecule is CCCC1CCC(/C=C/C2CCC(c3ccc(-c4ccc(OCC)c(F)c4F)cc3)CC2)CC1. The standard InChI is InChI=1S/C31H40F2O/c1-3-5-22-6-8-23(9-7-22)10-11-24-12-14-25(15-13-24)26-16-18-27(19-17-26)28-20-21-29(34-4-2)31(33)30(28)32/h10-11,16-25H,3-9,12-15H2,1-2H3/b11-10+. The number of hydrogen-bond donors (Lipinski definition) is 0. The number of benzene rings is 2. The lowest BCUT2D eigenvalue weighted by Crippen LogP contribution is -2.14. The van der Waals surface area contributed by atoms with Crippen molar-refractivity contribution < 1.29 is 13.5 Å². The van der Waals surface area contributed by atoms with E-state index in [-0.39, 0.29) is 11.3 Å². The average Bonchev–Trinajstić information content (AvgIpc) is 2.87. The second-order valence-electron chi connectivity index (χ2n) is 10.4. The quantitative estimate of drug-likeness (QED) is 0.352. The van der Waals surface area contributed by atoms with E-state index in [1.807, 2.05) is 12.1 Å². The molecule has 3 heteroatoms. The number of halogens is 2. The van der Waals surface area contributed by atoms with E-state index in [9.17, 15) is 8.78 Å². The molecule has 2 aromatic rings. The highest BCUT2D eigenvalue weighted by molar-refractivity contribution is 5.65. The summed E-state index contributed by atoms with van der Waals surface area (Å²) >= 11 is 0. The Morgan fingerprint density at radius 3 is 1.97 bits per heavy atom. The molecule has 184 valence electrons. The van der Waals surface area contributed by atoms with Crippen LogP contribution in [0, 0.1) is 29.4 Å². The first-order chi connectivity index (χ1) is 16.6. The van der Waals surface area contributed by atoms with Crippen LogP contribution in [0.5, 0.6) is 5.75 Å². The van der Waals surface area contributed by atoms with Crippen molar-refractivity contribution in [1.82, 2.24) is 0 Å². The molecule has 0 saturated heterocycles. The van der Waals surface area contributed by atoms with Crippen molar-refractivity contribution in [2.24, 2.45) is 17.8 Å². The van der Waals surface area contributed by atoms with Gasteiger partial charge >= 0.3 is 0 Å². The summed E-state index contributed by atoms with van der Waals surface area (Å²) in [6.45, 7) is 4.37. The van der Waals surface area contributed by atoms with Crippen LogP contribution in [0.1, 0.15) is 89.5 Å². The highest BCUT2D eigenvalue weighted by Crippen LogP contribution is 2.39. The number of ether oxygens (including phenoxy) is 1. The molecule has 0 atom stereocenters. The first kappa shape index (κ1) is 24.9. The third-order valence-electron chi connectivity index (χ3n) is 8.06. The maximum absolute atomic E-state index is 14.6. The van der Waals surface area contributed by atoms with Crippen LogP contribution in [0.25, 0.3) is 11.1 Å². The van der Waals surface area contributed by atoms with Crippen molar-refractivity contribution in [2.75, 3.05) is 6.61 Å². The topological polar surface area (TPSA) is 9.23 Å². The van der Waals surface area contributed by atoms with Gasteiger partial charge in [-0.3, -0.25) is 0 Å². The average molecular weight is 467 g/mol. The Labute approximate surface area is 204 Å². The molecule has 2 aliphatic carbocycles. The molecule has 0 aliphatic heterocycles. The Morgan fingerprint density at radius 2 is 1.38 bits per heavy atom. The van der Waals surface area contributed by atoms with E-state index in [0.29, 0.717) is 24.0 Å². The minimum atomic E-state index is -0.913. The fourth-order valence-electron chi connectivity index (χ4n) is 5.99. The molecule has 0 unspecified atom stereocenters. The normalized spacial score (nSPS) is 25.5. The molecule has 2 fully saturated rings. The molecule has 0 bridgehead atoms. The van der Waals surface area contributed by atoms with Crippen LogP contribution in [-0.4, -0.2) is 6.61 Å². The van der Waals surface area contributed by atoms with Gasteiger partial charge in [-0.05, 0) is 105 Å². The van der Waals surface area contributed by atoms with Gasteiger partial charge in [0.25, 0.3) is 0 Å². The minimum Gasteiger partial charge on any atom is -0.491 e. The first-order valence-corrected chi connectivity index (χ1v) is 13.5. The third-order valence-corrected chi connectivity index (χ3v) is 8.06. The van der Waals surface area contributed by atoms with Crippen molar-refractivity contribution in [2.45, 2.75) is 84.0 Å². The lowest BCUT2D eigenvalue weighted by molar-refractivity contribution is 0.292. The Kier molecular flexibility index (Phi) is 8.80. The second-order valence-corrected chi connectivity index (χ2v) is 10.4. The monoisotopic (exact) mass is 466 g/mol. The fourth-order valence-corrected chi connectivity index (χ4v) is 5.99. The largest absolute Gasteiger partial charge is 0.491 e. The highest BCUT2D eigenvalue weighted by atomic mass is 19.2. The van der Waals surface area contributed by atoms with Crippen molar-refractivity contribution in [3.8, 4) is 16.9 Å². The van der Waals surface area contributed by atoms with Crippen molar-refractivity contribution >= 4 is 0 Å². The third kappa shape index (κ3) is 6.09. The molecular formula is C31H40F2O. The number of allylic oxidation sites excluding steroid dienone is 2. The van der Waals surface area contributed by atoms with Crippen molar-refractivity contribution in [3.05, 3.63) is 65.7 Å². The predicted molar refractivity (Wildman–Crippen MR) is 137 cm³/mol. The van der Waals surface area contributed by atoms with Gasteiger partial charge in [-0.25, -0.2) is 4.39 Å². The first-order valence-electron chi connectivity index (χ1n) is 13.5. The van der Waals surface area contributed by atoms with Gasteiger partial charge in [0.15, 0.2) is 11.6 Å². The van der Waals surface area contributed by atoms with Crippen molar-refractivity contribution in [3.63, 3.8) is 0 Å². The van der Waals surface area contributed by atoms with E-state index in [1.165, 1.54) is 75.8 Å². The maximum Gasteiger partial charge on any atom is 0.201 e. The van der Waals surface area contributed by atoms with Gasteiger partial charge in [0.1, 0.15) is 0 Å². The van der Waals surface area contributed by atoms with Crippen LogP contribution in [0.15, 0.2) is 48.6 Å². The molecule has 0 amide bonds. The lowest BCUT2D eigenvalue weighted by Gasteiger charge is -2.29. The maximum atomic E-state index is 14.6. The van der Waals surface area contributed by atoms with Gasteiger partial charge in [0.2, 0.25) is 5.82 Å². The Morgan fingerprint density at radius 1 is 0.765 bits per heavy atom.